The molecule has 1 saturated heterocycles. The summed E-state index contributed by atoms with van der Waals surface area (Å²) in [5, 5.41) is 4.18. The topological polar surface area (TPSA) is 75.2 Å². The third kappa shape index (κ3) is 5.01. The molecule has 53 heavy (non-hydrogen) atoms. The third-order valence-corrected chi connectivity index (χ3v) is 10.9. The Bertz CT molecular complexity index is 2850. The molecule has 0 radical (unpaired) electrons. The zero-order valence-electron chi connectivity index (χ0n) is 29.9. The molecule has 0 unspecified atom stereocenters. The van der Waals surface area contributed by atoms with E-state index in [1.54, 1.807) is 0 Å². The number of aromatic nitrogens is 4. The highest BCUT2D eigenvalue weighted by Gasteiger charge is 2.52. The van der Waals surface area contributed by atoms with E-state index in [1.165, 1.54) is 5.39 Å². The molecule has 0 bridgehead atoms. The van der Waals surface area contributed by atoms with E-state index in [2.05, 4.69) is 111 Å². The summed E-state index contributed by atoms with van der Waals surface area (Å²) < 4.78 is 21.9. The standard InChI is InChI=1S/C45H35BN4O3/c1-44(2)45(3,4)53-46(52-44)34-21-14-24-38-40(34)39-33(20-13-23-37(39)51-38)43-48-41(28-15-7-5-8-16-28)47-42(49-43)29-25-26-32-31-19-11-12-22-35(31)50(36(32)27-29)30-17-9-6-10-18-30/h5-27H,1-4H3. The maximum atomic E-state index is 6.57. The van der Waals surface area contributed by atoms with Gasteiger partial charge in [-0.15, -0.1) is 0 Å². The summed E-state index contributed by atoms with van der Waals surface area (Å²) in [6.07, 6.45) is 0. The van der Waals surface area contributed by atoms with Gasteiger partial charge in [0.15, 0.2) is 17.5 Å². The van der Waals surface area contributed by atoms with Crippen molar-refractivity contribution < 1.29 is 13.7 Å². The fourth-order valence-corrected chi connectivity index (χ4v) is 7.55. The lowest BCUT2D eigenvalue weighted by Gasteiger charge is -2.32. The Hall–Kier alpha value is -6.09. The van der Waals surface area contributed by atoms with Crippen molar-refractivity contribution in [3.63, 3.8) is 0 Å². The Kier molecular flexibility index (Phi) is 6.99. The van der Waals surface area contributed by atoms with Crippen LogP contribution in [-0.4, -0.2) is 37.8 Å². The molecule has 1 aliphatic heterocycles. The first-order chi connectivity index (χ1) is 25.8. The number of nitrogens with zero attached hydrogens (tertiary/aromatic N) is 4. The minimum Gasteiger partial charge on any atom is -0.456 e. The van der Waals surface area contributed by atoms with Gasteiger partial charge in [0.2, 0.25) is 0 Å². The Morgan fingerprint density at radius 3 is 1.87 bits per heavy atom. The monoisotopic (exact) mass is 690 g/mol. The maximum absolute atomic E-state index is 6.57. The summed E-state index contributed by atoms with van der Waals surface area (Å²) in [6.45, 7) is 8.28. The normalized spacial score (nSPS) is 15.3. The van der Waals surface area contributed by atoms with Crippen molar-refractivity contribution in [2.24, 2.45) is 0 Å². The van der Waals surface area contributed by atoms with E-state index in [0.717, 1.165) is 66.2 Å². The molecule has 0 N–H and O–H groups in total. The highest BCUT2D eigenvalue weighted by Crippen LogP contribution is 2.41. The minimum atomic E-state index is -0.575. The molecule has 7 nitrogen and oxygen atoms in total. The van der Waals surface area contributed by atoms with Gasteiger partial charge >= 0.3 is 7.12 Å². The van der Waals surface area contributed by atoms with Gasteiger partial charge in [-0.3, -0.25) is 0 Å². The van der Waals surface area contributed by atoms with E-state index in [0.29, 0.717) is 17.5 Å². The molecule has 0 spiro atoms. The molecular formula is C45H35BN4O3. The van der Waals surface area contributed by atoms with Gasteiger partial charge in [-0.25, -0.2) is 15.0 Å². The first-order valence-electron chi connectivity index (χ1n) is 18.0. The smallest absolute Gasteiger partial charge is 0.456 e. The van der Waals surface area contributed by atoms with Crippen LogP contribution in [0, 0.1) is 0 Å². The van der Waals surface area contributed by atoms with Crippen LogP contribution in [0.1, 0.15) is 27.7 Å². The maximum Gasteiger partial charge on any atom is 0.495 e. The van der Waals surface area contributed by atoms with Crippen LogP contribution in [0.3, 0.4) is 0 Å². The third-order valence-electron chi connectivity index (χ3n) is 10.9. The van der Waals surface area contributed by atoms with Crippen LogP contribution in [0.2, 0.25) is 0 Å². The molecule has 0 saturated carbocycles. The lowest BCUT2D eigenvalue weighted by molar-refractivity contribution is 0.00578. The lowest BCUT2D eigenvalue weighted by Crippen LogP contribution is -2.41. The number of benzene rings is 6. The number of rotatable bonds is 5. The van der Waals surface area contributed by atoms with Crippen molar-refractivity contribution in [2.75, 3.05) is 0 Å². The first kappa shape index (κ1) is 31.6. The van der Waals surface area contributed by atoms with Crippen LogP contribution in [-0.2, 0) is 9.31 Å². The molecule has 4 heterocycles. The number of furan rings is 1. The van der Waals surface area contributed by atoms with Crippen molar-refractivity contribution in [3.8, 4) is 39.9 Å². The van der Waals surface area contributed by atoms with E-state index >= 15 is 0 Å². The highest BCUT2D eigenvalue weighted by molar-refractivity contribution is 6.66. The van der Waals surface area contributed by atoms with Crippen molar-refractivity contribution >= 4 is 56.3 Å². The molecule has 10 rings (SSSR count). The van der Waals surface area contributed by atoms with E-state index in [4.69, 9.17) is 28.7 Å². The Morgan fingerprint density at radius 1 is 0.509 bits per heavy atom. The predicted molar refractivity (Wildman–Crippen MR) is 213 cm³/mol. The van der Waals surface area contributed by atoms with E-state index < -0.39 is 18.3 Å². The van der Waals surface area contributed by atoms with Gasteiger partial charge < -0.3 is 18.3 Å². The van der Waals surface area contributed by atoms with Crippen molar-refractivity contribution in [3.05, 3.63) is 140 Å². The van der Waals surface area contributed by atoms with Gasteiger partial charge in [0.1, 0.15) is 11.2 Å². The van der Waals surface area contributed by atoms with Crippen LogP contribution in [0.4, 0.5) is 0 Å². The lowest BCUT2D eigenvalue weighted by atomic mass is 9.76. The van der Waals surface area contributed by atoms with Gasteiger partial charge in [0.05, 0.1) is 22.2 Å². The van der Waals surface area contributed by atoms with Crippen LogP contribution in [0.25, 0.3) is 83.6 Å². The molecule has 3 aromatic heterocycles. The SMILES string of the molecule is CC1(C)OB(c2cccc3oc4cccc(-c5nc(-c6ccccc6)nc(-c6ccc7c8ccccc8n(-c8ccccc8)c7c6)n5)c4c23)OC1(C)C. The van der Waals surface area contributed by atoms with Gasteiger partial charge in [0, 0.05) is 43.9 Å². The molecule has 1 fully saturated rings. The van der Waals surface area contributed by atoms with Gasteiger partial charge in [-0.2, -0.15) is 0 Å². The van der Waals surface area contributed by atoms with Crippen molar-refractivity contribution in [1.29, 1.82) is 0 Å². The van der Waals surface area contributed by atoms with E-state index in [-0.39, 0.29) is 0 Å². The Labute approximate surface area is 307 Å². The summed E-state index contributed by atoms with van der Waals surface area (Å²) in [4.78, 5) is 15.5. The second-order valence-corrected chi connectivity index (χ2v) is 14.7. The fourth-order valence-electron chi connectivity index (χ4n) is 7.55. The molecule has 256 valence electrons. The second kappa shape index (κ2) is 11.7. The molecular weight excluding hydrogens is 655 g/mol. The van der Waals surface area contributed by atoms with Crippen molar-refractivity contribution in [2.45, 2.75) is 38.9 Å². The average Bonchev–Trinajstić information content (AvgIpc) is 3.80. The molecule has 8 heteroatoms. The number of hydrogen-bond donors (Lipinski definition) is 0. The van der Waals surface area contributed by atoms with Gasteiger partial charge in [-0.1, -0.05) is 103 Å². The number of fused-ring (bicyclic) bond motifs is 6. The van der Waals surface area contributed by atoms with Crippen LogP contribution < -0.4 is 5.46 Å². The number of hydrogen-bond acceptors (Lipinski definition) is 6. The number of para-hydroxylation sites is 2. The van der Waals surface area contributed by atoms with Crippen LogP contribution in [0.5, 0.6) is 0 Å². The minimum absolute atomic E-state index is 0.497. The second-order valence-electron chi connectivity index (χ2n) is 14.7. The summed E-state index contributed by atoms with van der Waals surface area (Å²) in [5.74, 6) is 1.72. The Morgan fingerprint density at radius 2 is 1.11 bits per heavy atom. The molecule has 0 atom stereocenters. The molecule has 6 aromatic carbocycles. The van der Waals surface area contributed by atoms with Crippen LogP contribution >= 0.6 is 0 Å². The summed E-state index contributed by atoms with van der Waals surface area (Å²) in [6, 6.07) is 47.6. The Balaban J connectivity index is 1.21. The molecule has 1 aliphatic rings. The zero-order valence-corrected chi connectivity index (χ0v) is 29.9. The molecule has 0 aliphatic carbocycles. The van der Waals surface area contributed by atoms with E-state index in [1.807, 2.05) is 60.7 Å². The quantitative estimate of drug-likeness (QED) is 0.167. The van der Waals surface area contributed by atoms with E-state index in [9.17, 15) is 0 Å². The predicted octanol–water partition coefficient (Wildman–Crippen LogP) is 10.2. The van der Waals surface area contributed by atoms with Gasteiger partial charge in [0.25, 0.3) is 0 Å². The molecule has 9 aromatic rings. The first-order valence-corrected chi connectivity index (χ1v) is 18.0. The van der Waals surface area contributed by atoms with Gasteiger partial charge in [-0.05, 0) is 69.6 Å². The summed E-state index contributed by atoms with van der Waals surface area (Å²) in [7, 11) is -0.575. The summed E-state index contributed by atoms with van der Waals surface area (Å²) in [5.41, 5.74) is 7.33. The van der Waals surface area contributed by atoms with Crippen molar-refractivity contribution in [1.82, 2.24) is 19.5 Å². The summed E-state index contributed by atoms with van der Waals surface area (Å²) >= 11 is 0. The van der Waals surface area contributed by atoms with Crippen LogP contribution in [0.15, 0.2) is 144 Å². The molecule has 0 amide bonds. The fraction of sp³-hybridized carbons (Fsp3) is 0.133. The zero-order chi connectivity index (χ0) is 35.9. The average molecular weight is 691 g/mol. The highest BCUT2D eigenvalue weighted by atomic mass is 16.7. The largest absolute Gasteiger partial charge is 0.495 e.